The lowest BCUT2D eigenvalue weighted by Gasteiger charge is -2.30. The lowest BCUT2D eigenvalue weighted by atomic mass is 9.85. The summed E-state index contributed by atoms with van der Waals surface area (Å²) in [5.41, 5.74) is 1.79. The predicted octanol–water partition coefficient (Wildman–Crippen LogP) is 1.74. The zero-order valence-corrected chi connectivity index (χ0v) is 11.9. The number of amides is 2. The molecule has 0 bridgehead atoms. The number of hydrogen-bond acceptors (Lipinski definition) is 3. The molecule has 3 N–H and O–H groups in total. The zero-order valence-electron chi connectivity index (χ0n) is 11.9. The summed E-state index contributed by atoms with van der Waals surface area (Å²) in [5.74, 6) is 0.187. The first-order chi connectivity index (χ1) is 9.69. The van der Waals surface area contributed by atoms with Crippen LogP contribution in [0.4, 0.5) is 4.79 Å². The van der Waals surface area contributed by atoms with Gasteiger partial charge in [-0.25, -0.2) is 4.79 Å². The number of aliphatic hydroxyl groups is 1. The van der Waals surface area contributed by atoms with Crippen molar-refractivity contribution in [2.75, 3.05) is 6.61 Å². The van der Waals surface area contributed by atoms with E-state index in [4.69, 9.17) is 0 Å². The SMILES string of the molecule is Cc1cccc(CNC(=O)NC2CCCCC2CO)n1. The number of carbonyl (C=O) groups excluding carboxylic acids is 1. The van der Waals surface area contributed by atoms with Gasteiger partial charge >= 0.3 is 6.03 Å². The lowest BCUT2D eigenvalue weighted by molar-refractivity contribution is 0.153. The van der Waals surface area contributed by atoms with Crippen molar-refractivity contribution in [3.63, 3.8) is 0 Å². The molecular formula is C15H23N3O2. The van der Waals surface area contributed by atoms with Crippen LogP contribution in [0.15, 0.2) is 18.2 Å². The van der Waals surface area contributed by atoms with E-state index in [0.717, 1.165) is 37.1 Å². The quantitative estimate of drug-likeness (QED) is 0.785. The molecule has 0 spiro atoms. The highest BCUT2D eigenvalue weighted by Crippen LogP contribution is 2.23. The van der Waals surface area contributed by atoms with Gasteiger partial charge in [-0.05, 0) is 31.9 Å². The highest BCUT2D eigenvalue weighted by molar-refractivity contribution is 5.74. The third-order valence-corrected chi connectivity index (χ3v) is 3.84. The molecule has 1 fully saturated rings. The summed E-state index contributed by atoms with van der Waals surface area (Å²) in [5, 5.41) is 15.1. The molecule has 2 unspecified atom stereocenters. The first kappa shape index (κ1) is 14.8. The van der Waals surface area contributed by atoms with Crippen LogP contribution in [-0.2, 0) is 6.54 Å². The number of carbonyl (C=O) groups is 1. The van der Waals surface area contributed by atoms with E-state index >= 15 is 0 Å². The number of urea groups is 1. The van der Waals surface area contributed by atoms with E-state index < -0.39 is 0 Å². The summed E-state index contributed by atoms with van der Waals surface area (Å²) in [6.45, 7) is 2.49. The van der Waals surface area contributed by atoms with Gasteiger partial charge in [0.25, 0.3) is 0 Å². The summed E-state index contributed by atoms with van der Waals surface area (Å²) in [7, 11) is 0. The van der Waals surface area contributed by atoms with Crippen molar-refractivity contribution >= 4 is 6.03 Å². The topological polar surface area (TPSA) is 74.2 Å². The lowest BCUT2D eigenvalue weighted by Crippen LogP contribution is -2.47. The number of aryl methyl sites for hydroxylation is 1. The first-order valence-corrected chi connectivity index (χ1v) is 7.27. The first-order valence-electron chi connectivity index (χ1n) is 7.27. The Morgan fingerprint density at radius 3 is 2.95 bits per heavy atom. The maximum atomic E-state index is 11.9. The second-order valence-corrected chi connectivity index (χ2v) is 5.43. The van der Waals surface area contributed by atoms with Gasteiger partial charge in [0.1, 0.15) is 0 Å². The second kappa shape index (κ2) is 7.24. The Labute approximate surface area is 119 Å². The van der Waals surface area contributed by atoms with Crippen LogP contribution in [0, 0.1) is 12.8 Å². The van der Waals surface area contributed by atoms with Crippen molar-refractivity contribution in [1.82, 2.24) is 15.6 Å². The predicted molar refractivity (Wildman–Crippen MR) is 77.2 cm³/mol. The maximum Gasteiger partial charge on any atom is 0.315 e. The van der Waals surface area contributed by atoms with Crippen LogP contribution in [0.1, 0.15) is 37.1 Å². The van der Waals surface area contributed by atoms with E-state index in [1.54, 1.807) is 0 Å². The fourth-order valence-electron chi connectivity index (χ4n) is 2.70. The summed E-state index contributed by atoms with van der Waals surface area (Å²) in [4.78, 5) is 16.2. The van der Waals surface area contributed by atoms with Crippen LogP contribution in [0.3, 0.4) is 0 Å². The molecule has 0 radical (unpaired) electrons. The monoisotopic (exact) mass is 277 g/mol. The summed E-state index contributed by atoms with van der Waals surface area (Å²) in [6.07, 6.45) is 4.18. The number of pyridine rings is 1. The molecule has 0 saturated heterocycles. The smallest absolute Gasteiger partial charge is 0.315 e. The molecule has 1 aromatic heterocycles. The largest absolute Gasteiger partial charge is 0.396 e. The fourth-order valence-corrected chi connectivity index (χ4v) is 2.70. The van der Waals surface area contributed by atoms with Crippen LogP contribution in [0.5, 0.6) is 0 Å². The molecule has 20 heavy (non-hydrogen) atoms. The van der Waals surface area contributed by atoms with Gasteiger partial charge in [0, 0.05) is 24.3 Å². The van der Waals surface area contributed by atoms with Crippen LogP contribution in [0.2, 0.25) is 0 Å². The van der Waals surface area contributed by atoms with E-state index in [1.165, 1.54) is 0 Å². The van der Waals surface area contributed by atoms with Gasteiger partial charge in [0.05, 0.1) is 12.2 Å². The van der Waals surface area contributed by atoms with Crippen molar-refractivity contribution in [3.8, 4) is 0 Å². The van der Waals surface area contributed by atoms with Crippen molar-refractivity contribution in [1.29, 1.82) is 0 Å². The molecule has 2 amide bonds. The van der Waals surface area contributed by atoms with Crippen LogP contribution >= 0.6 is 0 Å². The van der Waals surface area contributed by atoms with Gasteiger partial charge in [-0.2, -0.15) is 0 Å². The molecule has 0 aliphatic heterocycles. The van der Waals surface area contributed by atoms with Crippen LogP contribution < -0.4 is 10.6 Å². The van der Waals surface area contributed by atoms with Gasteiger partial charge in [-0.3, -0.25) is 4.98 Å². The van der Waals surface area contributed by atoms with E-state index in [2.05, 4.69) is 15.6 Å². The third kappa shape index (κ3) is 4.20. The maximum absolute atomic E-state index is 11.9. The van der Waals surface area contributed by atoms with Crippen LogP contribution in [0.25, 0.3) is 0 Å². The third-order valence-electron chi connectivity index (χ3n) is 3.84. The van der Waals surface area contributed by atoms with E-state index in [1.807, 2.05) is 25.1 Å². The van der Waals surface area contributed by atoms with Crippen molar-refractivity contribution in [2.45, 2.75) is 45.2 Å². The Morgan fingerprint density at radius 1 is 1.40 bits per heavy atom. The molecule has 0 aromatic carbocycles. The van der Waals surface area contributed by atoms with Gasteiger partial charge < -0.3 is 15.7 Å². The minimum Gasteiger partial charge on any atom is -0.396 e. The van der Waals surface area contributed by atoms with Crippen molar-refractivity contribution in [2.24, 2.45) is 5.92 Å². The number of rotatable bonds is 4. The van der Waals surface area contributed by atoms with Gasteiger partial charge in [0.2, 0.25) is 0 Å². The molecule has 5 heteroatoms. The second-order valence-electron chi connectivity index (χ2n) is 5.43. The molecule has 2 rings (SSSR count). The molecule has 1 aliphatic rings. The molecule has 1 saturated carbocycles. The summed E-state index contributed by atoms with van der Waals surface area (Å²) >= 11 is 0. The highest BCUT2D eigenvalue weighted by atomic mass is 16.3. The Bertz CT molecular complexity index is 450. The number of hydrogen-bond donors (Lipinski definition) is 3. The number of nitrogens with one attached hydrogen (secondary N) is 2. The van der Waals surface area contributed by atoms with Gasteiger partial charge in [-0.15, -0.1) is 0 Å². The average Bonchev–Trinajstić information content (AvgIpc) is 2.46. The highest BCUT2D eigenvalue weighted by Gasteiger charge is 2.25. The Balaban J connectivity index is 1.80. The Morgan fingerprint density at radius 2 is 2.20 bits per heavy atom. The molecule has 1 aliphatic carbocycles. The molecule has 1 heterocycles. The summed E-state index contributed by atoms with van der Waals surface area (Å²) < 4.78 is 0. The molecule has 110 valence electrons. The van der Waals surface area contributed by atoms with E-state index in [9.17, 15) is 9.90 Å². The summed E-state index contributed by atoms with van der Waals surface area (Å²) in [6, 6.07) is 5.65. The number of aromatic nitrogens is 1. The number of aliphatic hydroxyl groups excluding tert-OH is 1. The standard InChI is InChI=1S/C15H23N3O2/c1-11-5-4-7-13(17-11)9-16-15(20)18-14-8-3-2-6-12(14)10-19/h4-5,7,12,14,19H,2-3,6,8-10H2,1H3,(H2,16,18,20). The van der Waals surface area contributed by atoms with Crippen molar-refractivity contribution < 1.29 is 9.90 Å². The fraction of sp³-hybridized carbons (Fsp3) is 0.600. The van der Waals surface area contributed by atoms with E-state index in [-0.39, 0.29) is 24.6 Å². The Hall–Kier alpha value is -1.62. The Kier molecular flexibility index (Phi) is 5.35. The zero-order chi connectivity index (χ0) is 14.4. The normalized spacial score (nSPS) is 22.3. The van der Waals surface area contributed by atoms with E-state index in [0.29, 0.717) is 6.54 Å². The van der Waals surface area contributed by atoms with Gasteiger partial charge in [-0.1, -0.05) is 18.9 Å². The number of nitrogens with zero attached hydrogens (tertiary/aromatic N) is 1. The van der Waals surface area contributed by atoms with Gasteiger partial charge in [0.15, 0.2) is 0 Å². The average molecular weight is 277 g/mol. The molecule has 5 nitrogen and oxygen atoms in total. The molecule has 1 aromatic rings. The van der Waals surface area contributed by atoms with Crippen molar-refractivity contribution in [3.05, 3.63) is 29.6 Å². The minimum atomic E-state index is -0.182. The molecular weight excluding hydrogens is 254 g/mol. The van der Waals surface area contributed by atoms with Crippen LogP contribution in [-0.4, -0.2) is 28.8 Å². The minimum absolute atomic E-state index is 0.0826. The molecule has 2 atom stereocenters.